The van der Waals surface area contributed by atoms with Crippen molar-refractivity contribution in [3.05, 3.63) is 83.3 Å². The Morgan fingerprint density at radius 2 is 1.87 bits per heavy atom. The molecule has 0 saturated carbocycles. The first kappa shape index (κ1) is 26.4. The van der Waals surface area contributed by atoms with E-state index >= 15 is 0 Å². The summed E-state index contributed by atoms with van der Waals surface area (Å²) in [5.74, 6) is 0.164. The molecule has 1 aliphatic heterocycles. The van der Waals surface area contributed by atoms with Crippen molar-refractivity contribution in [3.8, 4) is 0 Å². The molecule has 0 unspecified atom stereocenters. The number of imide groups is 1. The number of aromatic nitrogens is 3. The second-order valence-corrected chi connectivity index (χ2v) is 11.0. The molecule has 0 atom stereocenters. The third kappa shape index (κ3) is 5.37. The number of carbonyl (C=O) groups excluding carboxylic acids is 2. The van der Waals surface area contributed by atoms with Crippen LogP contribution in [-0.4, -0.2) is 55.0 Å². The van der Waals surface area contributed by atoms with Crippen LogP contribution in [-0.2, 0) is 24.9 Å². The summed E-state index contributed by atoms with van der Waals surface area (Å²) >= 11 is 1.69. The van der Waals surface area contributed by atoms with E-state index in [1.807, 2.05) is 75.1 Å². The lowest BCUT2D eigenvalue weighted by Crippen LogP contribution is -2.58. The van der Waals surface area contributed by atoms with Gasteiger partial charge in [0.05, 0.1) is 25.2 Å². The summed E-state index contributed by atoms with van der Waals surface area (Å²) in [6.45, 7) is 7.54. The highest BCUT2D eigenvalue weighted by Gasteiger charge is 2.42. The van der Waals surface area contributed by atoms with E-state index in [1.54, 1.807) is 27.1 Å². The Morgan fingerprint density at radius 1 is 1.05 bits per heavy atom. The molecule has 0 spiro atoms. The van der Waals surface area contributed by atoms with E-state index in [-0.39, 0.29) is 24.4 Å². The third-order valence-corrected chi connectivity index (χ3v) is 7.79. The van der Waals surface area contributed by atoms with Gasteiger partial charge in [-0.25, -0.2) is 4.79 Å². The highest BCUT2D eigenvalue weighted by molar-refractivity contribution is 7.17. The molecule has 0 aliphatic carbocycles. The number of hydrogen-bond donors (Lipinski definition) is 1. The molecule has 1 aromatic carbocycles. The maximum atomic E-state index is 14.0. The number of hydrogen-bond acceptors (Lipinski definition) is 6. The van der Waals surface area contributed by atoms with Gasteiger partial charge in [0, 0.05) is 42.6 Å². The van der Waals surface area contributed by atoms with Crippen molar-refractivity contribution in [2.24, 2.45) is 18.1 Å². The van der Waals surface area contributed by atoms with Crippen molar-refractivity contribution in [1.29, 1.82) is 0 Å². The first-order valence-electron chi connectivity index (χ1n) is 13.0. The molecule has 10 heteroatoms. The lowest BCUT2D eigenvalue weighted by Gasteiger charge is -2.37. The molecule has 1 saturated heterocycles. The smallest absolute Gasteiger partial charge is 0.332 e. The second-order valence-electron chi connectivity index (χ2n) is 10.0. The van der Waals surface area contributed by atoms with E-state index in [1.165, 1.54) is 15.0 Å². The van der Waals surface area contributed by atoms with Gasteiger partial charge in [-0.1, -0.05) is 32.0 Å². The molecule has 1 fully saturated rings. The monoisotopic (exact) mass is 543 g/mol. The van der Waals surface area contributed by atoms with Crippen LogP contribution >= 0.6 is 11.3 Å². The molecule has 4 heterocycles. The van der Waals surface area contributed by atoms with Crippen LogP contribution < -0.4 is 5.43 Å². The third-order valence-electron chi connectivity index (χ3n) is 6.78. The zero-order valence-corrected chi connectivity index (χ0v) is 23.5. The Labute approximate surface area is 232 Å². The van der Waals surface area contributed by atoms with Crippen LogP contribution in [0.15, 0.2) is 77.1 Å². The van der Waals surface area contributed by atoms with Crippen LogP contribution in [0.4, 0.5) is 4.79 Å². The van der Waals surface area contributed by atoms with Crippen molar-refractivity contribution in [3.63, 3.8) is 0 Å². The average Bonchev–Trinajstić information content (AvgIpc) is 3.67. The molecule has 9 nitrogen and oxygen atoms in total. The second kappa shape index (κ2) is 11.3. The maximum Gasteiger partial charge on any atom is 0.332 e. The van der Waals surface area contributed by atoms with Crippen LogP contribution in [0.1, 0.15) is 32.0 Å². The number of aryl methyl sites for hydroxylation is 1. The highest BCUT2D eigenvalue weighted by atomic mass is 32.1. The largest absolute Gasteiger partial charge is 0.351 e. The number of amidine groups is 1. The van der Waals surface area contributed by atoms with E-state index in [0.29, 0.717) is 31.0 Å². The molecular formula is C29H33N7O2S. The first-order valence-corrected chi connectivity index (χ1v) is 13.9. The van der Waals surface area contributed by atoms with E-state index in [2.05, 4.69) is 28.0 Å². The standard InChI is InChI=1S/C29H33N7O2S/c1-20(2)18-36-27(32-30-17-22-19-39-25-11-6-5-9-23(22)25)26(21(3)24-10-7-13-33(24)4)28(37)35(29(36)38)16-15-34-14-8-12-31-34/h5-14,19-20,30H,15-18H2,1-4H3/b26-21-,32-27+. The fourth-order valence-electron chi connectivity index (χ4n) is 4.84. The molecule has 202 valence electrons. The minimum absolute atomic E-state index is 0.165. The number of thiophene rings is 1. The van der Waals surface area contributed by atoms with E-state index < -0.39 is 0 Å². The van der Waals surface area contributed by atoms with Crippen molar-refractivity contribution in [1.82, 2.24) is 29.6 Å². The zero-order valence-electron chi connectivity index (χ0n) is 22.7. The fourth-order valence-corrected chi connectivity index (χ4v) is 5.81. The Morgan fingerprint density at radius 3 is 2.59 bits per heavy atom. The molecular weight excluding hydrogens is 510 g/mol. The molecule has 5 rings (SSSR count). The zero-order chi connectivity index (χ0) is 27.5. The number of allylic oxidation sites excluding steroid dienone is 1. The van der Waals surface area contributed by atoms with Crippen LogP contribution in [0.2, 0.25) is 0 Å². The predicted molar refractivity (Wildman–Crippen MR) is 155 cm³/mol. The molecule has 0 radical (unpaired) electrons. The number of amides is 3. The van der Waals surface area contributed by atoms with Gasteiger partial charge in [0.2, 0.25) is 0 Å². The summed E-state index contributed by atoms with van der Waals surface area (Å²) in [6.07, 6.45) is 5.45. The SMILES string of the molecule is C/C(=C1/C(=O)N(CCn2cccn2)C(=O)N(CC(C)C)/C1=N/NCc1csc2ccccc12)c1cccn1C. The van der Waals surface area contributed by atoms with Crippen LogP contribution in [0.3, 0.4) is 0 Å². The summed E-state index contributed by atoms with van der Waals surface area (Å²) in [5, 5.41) is 12.2. The van der Waals surface area contributed by atoms with Gasteiger partial charge in [0.1, 0.15) is 0 Å². The fraction of sp³-hybridized carbons (Fsp3) is 0.310. The Balaban J connectivity index is 1.54. The maximum absolute atomic E-state index is 14.0. The van der Waals surface area contributed by atoms with Gasteiger partial charge >= 0.3 is 6.03 Å². The normalized spacial score (nSPS) is 16.7. The van der Waals surface area contributed by atoms with Crippen molar-refractivity contribution >= 4 is 44.8 Å². The summed E-state index contributed by atoms with van der Waals surface area (Å²) in [5.41, 5.74) is 6.37. The molecule has 4 aromatic rings. The Bertz CT molecular complexity index is 1540. The van der Waals surface area contributed by atoms with Gasteiger partial charge in [-0.2, -0.15) is 10.2 Å². The van der Waals surface area contributed by atoms with Crippen molar-refractivity contribution in [2.45, 2.75) is 33.9 Å². The van der Waals surface area contributed by atoms with Gasteiger partial charge in [-0.05, 0) is 59.0 Å². The van der Waals surface area contributed by atoms with Gasteiger partial charge in [-0.3, -0.25) is 19.3 Å². The number of nitrogens with zero attached hydrogens (tertiary/aromatic N) is 6. The van der Waals surface area contributed by atoms with E-state index in [0.717, 1.165) is 16.8 Å². The Kier molecular flexibility index (Phi) is 7.65. The molecule has 3 aromatic heterocycles. The lowest BCUT2D eigenvalue weighted by atomic mass is 10.0. The lowest BCUT2D eigenvalue weighted by molar-refractivity contribution is -0.124. The van der Waals surface area contributed by atoms with E-state index in [9.17, 15) is 9.59 Å². The number of hydrazone groups is 1. The Hall–Kier alpha value is -4.18. The summed E-state index contributed by atoms with van der Waals surface area (Å²) in [7, 11) is 1.94. The number of urea groups is 1. The summed E-state index contributed by atoms with van der Waals surface area (Å²) in [6, 6.07) is 13.6. The summed E-state index contributed by atoms with van der Waals surface area (Å²) in [4.78, 5) is 30.8. The molecule has 1 N–H and O–H groups in total. The van der Waals surface area contributed by atoms with Gasteiger partial charge < -0.3 is 9.99 Å². The van der Waals surface area contributed by atoms with Crippen molar-refractivity contribution in [2.75, 3.05) is 13.1 Å². The quantitative estimate of drug-likeness (QED) is 0.239. The minimum atomic E-state index is -0.370. The van der Waals surface area contributed by atoms with E-state index in [4.69, 9.17) is 5.10 Å². The van der Waals surface area contributed by atoms with Gasteiger partial charge in [0.15, 0.2) is 5.84 Å². The molecule has 39 heavy (non-hydrogen) atoms. The minimum Gasteiger partial charge on any atom is -0.351 e. The van der Waals surface area contributed by atoms with Crippen LogP contribution in [0.25, 0.3) is 15.7 Å². The topological polar surface area (TPSA) is 87.8 Å². The van der Waals surface area contributed by atoms with Crippen LogP contribution in [0.5, 0.6) is 0 Å². The summed E-state index contributed by atoms with van der Waals surface area (Å²) < 4.78 is 4.89. The first-order chi connectivity index (χ1) is 18.8. The average molecular weight is 544 g/mol. The number of fused-ring (bicyclic) bond motifs is 1. The van der Waals surface area contributed by atoms with Crippen LogP contribution in [0, 0.1) is 5.92 Å². The molecule has 1 aliphatic rings. The highest BCUT2D eigenvalue weighted by Crippen LogP contribution is 2.28. The number of rotatable bonds is 9. The van der Waals surface area contributed by atoms with Gasteiger partial charge in [0.25, 0.3) is 5.91 Å². The van der Waals surface area contributed by atoms with Crippen molar-refractivity contribution < 1.29 is 9.59 Å². The molecule has 3 amide bonds. The number of benzene rings is 1. The number of carbonyl (C=O) groups is 2. The number of nitrogens with one attached hydrogen (secondary N) is 1. The molecule has 0 bridgehead atoms. The van der Waals surface area contributed by atoms with Gasteiger partial charge in [-0.15, -0.1) is 11.3 Å². The predicted octanol–water partition coefficient (Wildman–Crippen LogP) is 4.93.